The lowest BCUT2D eigenvalue weighted by Gasteiger charge is -2.08. The van der Waals surface area contributed by atoms with E-state index in [0.717, 1.165) is 14.3 Å². The molecule has 2 N–H and O–H groups in total. The molecule has 0 saturated heterocycles. The molecule has 0 heterocycles. The number of fused-ring (bicyclic) bond motifs is 1. The van der Waals surface area contributed by atoms with Crippen LogP contribution >= 0.6 is 22.6 Å². The van der Waals surface area contributed by atoms with E-state index < -0.39 is 10.0 Å². The summed E-state index contributed by atoms with van der Waals surface area (Å²) in [6, 6.07) is 19.9. The number of nitrogens with one attached hydrogen (secondary N) is 2. The summed E-state index contributed by atoms with van der Waals surface area (Å²) in [7, 11) is -3.66. The molecule has 134 valence electrons. The van der Waals surface area contributed by atoms with Gasteiger partial charge in [0, 0.05) is 22.2 Å². The first-order chi connectivity index (χ1) is 12.4. The van der Waals surface area contributed by atoms with E-state index in [4.69, 9.17) is 0 Å². The van der Waals surface area contributed by atoms with Gasteiger partial charge in [-0.05, 0) is 69.8 Å². The second-order valence-electron chi connectivity index (χ2n) is 5.71. The van der Waals surface area contributed by atoms with Gasteiger partial charge in [0.25, 0.3) is 0 Å². The van der Waals surface area contributed by atoms with Gasteiger partial charge in [0.05, 0.1) is 4.90 Å². The average molecular weight is 480 g/mol. The lowest BCUT2D eigenvalue weighted by molar-refractivity contribution is -0.116. The molecule has 0 bridgehead atoms. The van der Waals surface area contributed by atoms with Gasteiger partial charge in [-0.25, -0.2) is 13.1 Å². The highest BCUT2D eigenvalue weighted by atomic mass is 127. The van der Waals surface area contributed by atoms with Crippen molar-refractivity contribution in [3.05, 3.63) is 70.3 Å². The van der Waals surface area contributed by atoms with Crippen LogP contribution in [0.25, 0.3) is 10.8 Å². The molecule has 0 fully saturated rings. The Bertz CT molecular complexity index is 1030. The Hall–Kier alpha value is -1.97. The van der Waals surface area contributed by atoms with Crippen molar-refractivity contribution in [3.63, 3.8) is 0 Å². The first-order valence-corrected chi connectivity index (χ1v) is 10.5. The third-order valence-corrected chi connectivity index (χ3v) is 5.98. The van der Waals surface area contributed by atoms with Crippen LogP contribution in [0, 0.1) is 3.57 Å². The molecular formula is C19H17IN2O3S. The van der Waals surface area contributed by atoms with Crippen LogP contribution in [0.5, 0.6) is 0 Å². The highest BCUT2D eigenvalue weighted by Gasteiger charge is 2.14. The maximum atomic E-state index is 12.4. The smallest absolute Gasteiger partial charge is 0.240 e. The van der Waals surface area contributed by atoms with Crippen molar-refractivity contribution in [1.29, 1.82) is 0 Å². The third kappa shape index (κ3) is 4.80. The minimum Gasteiger partial charge on any atom is -0.326 e. The molecule has 3 aromatic carbocycles. The minimum atomic E-state index is -3.66. The van der Waals surface area contributed by atoms with Gasteiger partial charge in [0.1, 0.15) is 0 Å². The van der Waals surface area contributed by atoms with Gasteiger partial charge >= 0.3 is 0 Å². The van der Waals surface area contributed by atoms with Gasteiger partial charge in [0.2, 0.25) is 15.9 Å². The summed E-state index contributed by atoms with van der Waals surface area (Å²) < 4.78 is 28.4. The van der Waals surface area contributed by atoms with Crippen LogP contribution in [0.2, 0.25) is 0 Å². The second kappa shape index (κ2) is 8.15. The zero-order valence-electron chi connectivity index (χ0n) is 13.8. The highest BCUT2D eigenvalue weighted by Crippen LogP contribution is 2.18. The monoisotopic (exact) mass is 480 g/mol. The molecule has 0 atom stereocenters. The second-order valence-corrected chi connectivity index (χ2v) is 8.72. The summed E-state index contributed by atoms with van der Waals surface area (Å²) in [5.41, 5.74) is 0.688. The minimum absolute atomic E-state index is 0.0331. The number of halogens is 1. The molecule has 0 aromatic heterocycles. The molecule has 7 heteroatoms. The number of carbonyl (C=O) groups excluding carboxylic acids is 1. The maximum absolute atomic E-state index is 12.4. The molecule has 3 rings (SSSR count). The summed E-state index contributed by atoms with van der Waals surface area (Å²) in [6.45, 7) is 0.0331. The fourth-order valence-corrected chi connectivity index (χ4v) is 3.90. The predicted molar refractivity (Wildman–Crippen MR) is 112 cm³/mol. The van der Waals surface area contributed by atoms with Gasteiger partial charge in [-0.2, -0.15) is 0 Å². The van der Waals surface area contributed by atoms with Gasteiger partial charge in [-0.1, -0.05) is 30.3 Å². The Morgan fingerprint density at radius 1 is 0.923 bits per heavy atom. The van der Waals surface area contributed by atoms with Gasteiger partial charge in [0.15, 0.2) is 0 Å². The third-order valence-electron chi connectivity index (χ3n) is 3.80. The van der Waals surface area contributed by atoms with E-state index in [1.807, 2.05) is 36.4 Å². The number of sulfonamides is 1. The molecule has 26 heavy (non-hydrogen) atoms. The normalized spacial score (nSPS) is 11.4. The lowest BCUT2D eigenvalue weighted by atomic mass is 10.1. The van der Waals surface area contributed by atoms with Crippen molar-refractivity contribution >= 4 is 55.0 Å². The van der Waals surface area contributed by atoms with E-state index in [2.05, 4.69) is 32.6 Å². The molecule has 3 aromatic rings. The molecule has 0 unspecified atom stereocenters. The van der Waals surface area contributed by atoms with E-state index >= 15 is 0 Å². The molecule has 5 nitrogen and oxygen atoms in total. The van der Waals surface area contributed by atoms with E-state index in [1.54, 1.807) is 30.3 Å². The zero-order chi connectivity index (χ0) is 18.6. The van der Waals surface area contributed by atoms with E-state index in [-0.39, 0.29) is 23.8 Å². The molecule has 0 aliphatic heterocycles. The van der Waals surface area contributed by atoms with Crippen LogP contribution in [-0.2, 0) is 14.8 Å². The summed E-state index contributed by atoms with van der Waals surface area (Å²) in [5, 5.41) is 4.57. The van der Waals surface area contributed by atoms with Crippen LogP contribution in [0.4, 0.5) is 5.69 Å². The standard InChI is InChI=1S/C19H17IN2O3S/c20-16-6-8-17(9-7-16)22-19(23)11-12-21-26(24,25)18-10-5-14-3-1-2-4-15(14)13-18/h1-10,13,21H,11-12H2,(H,22,23). The van der Waals surface area contributed by atoms with E-state index in [0.29, 0.717) is 5.69 Å². The summed E-state index contributed by atoms with van der Waals surface area (Å²) in [5.74, 6) is -0.243. The van der Waals surface area contributed by atoms with Crippen molar-refractivity contribution in [2.24, 2.45) is 0 Å². The fourth-order valence-electron chi connectivity index (χ4n) is 2.47. The van der Waals surface area contributed by atoms with Crippen LogP contribution in [0.3, 0.4) is 0 Å². The number of benzene rings is 3. The Morgan fingerprint density at radius 3 is 2.35 bits per heavy atom. The Kier molecular flexibility index (Phi) is 5.90. The Balaban J connectivity index is 1.58. The zero-order valence-corrected chi connectivity index (χ0v) is 16.8. The summed E-state index contributed by atoms with van der Waals surface area (Å²) >= 11 is 2.18. The van der Waals surface area contributed by atoms with Gasteiger partial charge < -0.3 is 5.32 Å². The number of amides is 1. The lowest BCUT2D eigenvalue weighted by Crippen LogP contribution is -2.27. The van der Waals surface area contributed by atoms with Crippen molar-refractivity contribution in [1.82, 2.24) is 4.72 Å². The molecular weight excluding hydrogens is 463 g/mol. The number of rotatable bonds is 6. The summed E-state index contributed by atoms with van der Waals surface area (Å²) in [4.78, 5) is 12.1. The molecule has 0 radical (unpaired) electrons. The summed E-state index contributed by atoms with van der Waals surface area (Å²) in [6.07, 6.45) is 0.0544. The Labute approximate surface area is 166 Å². The largest absolute Gasteiger partial charge is 0.326 e. The van der Waals surface area contributed by atoms with E-state index in [1.165, 1.54) is 0 Å². The number of hydrogen-bond donors (Lipinski definition) is 2. The van der Waals surface area contributed by atoms with Gasteiger partial charge in [-0.15, -0.1) is 0 Å². The van der Waals surface area contributed by atoms with Crippen molar-refractivity contribution in [3.8, 4) is 0 Å². The molecule has 0 saturated carbocycles. The van der Waals surface area contributed by atoms with Crippen LogP contribution < -0.4 is 10.0 Å². The van der Waals surface area contributed by atoms with Crippen LogP contribution in [0.15, 0.2) is 71.6 Å². The first-order valence-electron chi connectivity index (χ1n) is 7.98. The van der Waals surface area contributed by atoms with Crippen molar-refractivity contribution < 1.29 is 13.2 Å². The van der Waals surface area contributed by atoms with Crippen LogP contribution in [0.1, 0.15) is 6.42 Å². The molecule has 0 aliphatic rings. The first kappa shape index (κ1) is 18.8. The molecule has 0 spiro atoms. The SMILES string of the molecule is O=C(CCNS(=O)(=O)c1ccc2ccccc2c1)Nc1ccc(I)cc1. The number of carbonyl (C=O) groups is 1. The Morgan fingerprint density at radius 2 is 1.62 bits per heavy atom. The van der Waals surface area contributed by atoms with Crippen molar-refractivity contribution in [2.75, 3.05) is 11.9 Å². The topological polar surface area (TPSA) is 75.3 Å². The fraction of sp³-hybridized carbons (Fsp3) is 0.105. The van der Waals surface area contributed by atoms with Crippen molar-refractivity contribution in [2.45, 2.75) is 11.3 Å². The van der Waals surface area contributed by atoms with Crippen LogP contribution in [-0.4, -0.2) is 20.9 Å². The average Bonchev–Trinajstić information content (AvgIpc) is 2.63. The van der Waals surface area contributed by atoms with E-state index in [9.17, 15) is 13.2 Å². The molecule has 1 amide bonds. The highest BCUT2D eigenvalue weighted by molar-refractivity contribution is 14.1. The number of hydrogen-bond acceptors (Lipinski definition) is 3. The quantitative estimate of drug-likeness (QED) is 0.528. The predicted octanol–water partition coefficient (Wildman–Crippen LogP) is 3.75. The molecule has 0 aliphatic carbocycles. The number of anilines is 1. The van der Waals surface area contributed by atoms with Gasteiger partial charge in [-0.3, -0.25) is 4.79 Å². The maximum Gasteiger partial charge on any atom is 0.240 e.